The molecule has 0 aliphatic carbocycles. The molecule has 1 fully saturated rings. The van der Waals surface area contributed by atoms with Crippen molar-refractivity contribution in [3.63, 3.8) is 0 Å². The third-order valence-corrected chi connectivity index (χ3v) is 3.44. The Bertz CT molecular complexity index is 417. The molecule has 5 nitrogen and oxygen atoms in total. The van der Waals surface area contributed by atoms with Gasteiger partial charge in [-0.05, 0) is 19.4 Å². The van der Waals surface area contributed by atoms with Crippen LogP contribution in [0, 0.1) is 5.92 Å². The van der Waals surface area contributed by atoms with E-state index in [1.165, 1.54) is 0 Å². The molecule has 2 atom stereocenters. The van der Waals surface area contributed by atoms with E-state index in [4.69, 9.17) is 4.74 Å². The van der Waals surface area contributed by atoms with Gasteiger partial charge in [-0.25, -0.2) is 0 Å². The average Bonchev–Trinajstić information content (AvgIpc) is 3.04. The van der Waals surface area contributed by atoms with Crippen LogP contribution < -0.4 is 5.32 Å². The molecule has 1 aromatic heterocycles. The minimum Gasteiger partial charge on any atom is -0.379 e. The number of carbonyl (C=O) groups is 1. The van der Waals surface area contributed by atoms with Crippen molar-refractivity contribution in [2.75, 3.05) is 19.8 Å². The van der Waals surface area contributed by atoms with E-state index in [0.717, 1.165) is 25.9 Å². The van der Waals surface area contributed by atoms with Crippen LogP contribution in [0.2, 0.25) is 0 Å². The lowest BCUT2D eigenvalue weighted by Gasteiger charge is -2.16. The molecule has 1 aliphatic rings. The Balaban J connectivity index is 2.00. The molecule has 2 heterocycles. The van der Waals surface area contributed by atoms with E-state index in [0.29, 0.717) is 18.8 Å². The summed E-state index contributed by atoms with van der Waals surface area (Å²) < 4.78 is 7.28. The third-order valence-electron chi connectivity index (χ3n) is 3.44. The first kappa shape index (κ1) is 14.2. The van der Waals surface area contributed by atoms with E-state index in [-0.39, 0.29) is 17.7 Å². The molecule has 0 spiro atoms. The second-order valence-electron chi connectivity index (χ2n) is 5.06. The molecule has 2 unspecified atom stereocenters. The van der Waals surface area contributed by atoms with Gasteiger partial charge in [0, 0.05) is 18.8 Å². The Morgan fingerprint density at radius 1 is 1.47 bits per heavy atom. The van der Waals surface area contributed by atoms with Crippen molar-refractivity contribution in [3.05, 3.63) is 18.0 Å². The molecule has 1 saturated heterocycles. The number of ketones is 1. The number of nitrogens with one attached hydrogen (secondary N) is 1. The molecule has 0 radical (unpaired) electrons. The van der Waals surface area contributed by atoms with Crippen LogP contribution in [0.1, 0.15) is 37.0 Å². The monoisotopic (exact) mass is 265 g/mol. The van der Waals surface area contributed by atoms with Crippen LogP contribution in [0.3, 0.4) is 0 Å². The third kappa shape index (κ3) is 3.42. The van der Waals surface area contributed by atoms with Crippen molar-refractivity contribution in [2.45, 2.75) is 39.3 Å². The average molecular weight is 265 g/mol. The zero-order valence-corrected chi connectivity index (χ0v) is 11.8. The zero-order valence-electron chi connectivity index (χ0n) is 11.8. The molecule has 5 heteroatoms. The molecule has 0 bridgehead atoms. The maximum atomic E-state index is 12.5. The van der Waals surface area contributed by atoms with Gasteiger partial charge in [-0.3, -0.25) is 9.48 Å². The molecule has 1 aromatic rings. The fraction of sp³-hybridized carbons (Fsp3) is 0.714. The summed E-state index contributed by atoms with van der Waals surface area (Å²) in [6.45, 7) is 7.13. The highest BCUT2D eigenvalue weighted by Gasteiger charge is 2.34. The zero-order chi connectivity index (χ0) is 13.7. The van der Waals surface area contributed by atoms with Crippen molar-refractivity contribution < 1.29 is 9.53 Å². The normalized spacial score (nSPS) is 22.8. The predicted octanol–water partition coefficient (Wildman–Crippen LogP) is 1.49. The number of carbonyl (C=O) groups excluding carboxylic acids is 1. The first-order chi connectivity index (χ1) is 9.26. The number of hydrogen-bond donors (Lipinski definition) is 1. The van der Waals surface area contributed by atoms with E-state index in [2.05, 4.69) is 24.3 Å². The molecule has 19 heavy (non-hydrogen) atoms. The van der Waals surface area contributed by atoms with Gasteiger partial charge in [-0.2, -0.15) is 5.10 Å². The molecule has 1 aliphatic heterocycles. The molecule has 0 aromatic carbocycles. The number of Topliss-reactive ketones (excluding diaryl/α,β-unsaturated/α-hetero) is 1. The topological polar surface area (TPSA) is 56.1 Å². The number of rotatable bonds is 7. The highest BCUT2D eigenvalue weighted by molar-refractivity contribution is 5.98. The Hall–Kier alpha value is -1.20. The van der Waals surface area contributed by atoms with E-state index >= 15 is 0 Å². The summed E-state index contributed by atoms with van der Waals surface area (Å²) in [6, 6.07) is 0.141. The number of ether oxygens (including phenoxy) is 1. The van der Waals surface area contributed by atoms with E-state index in [1.54, 1.807) is 6.20 Å². The Labute approximate surface area is 114 Å². The summed E-state index contributed by atoms with van der Waals surface area (Å²) in [6.07, 6.45) is 5.60. The summed E-state index contributed by atoms with van der Waals surface area (Å²) in [5.74, 6) is 0.0688. The van der Waals surface area contributed by atoms with Crippen LogP contribution >= 0.6 is 0 Å². The van der Waals surface area contributed by atoms with Gasteiger partial charge in [0.1, 0.15) is 0 Å². The lowest BCUT2D eigenvalue weighted by molar-refractivity contribution is 0.0891. The largest absolute Gasteiger partial charge is 0.379 e. The van der Waals surface area contributed by atoms with Crippen molar-refractivity contribution in [2.24, 2.45) is 5.92 Å². The number of aryl methyl sites for hydroxylation is 1. The molecule has 106 valence electrons. The van der Waals surface area contributed by atoms with Crippen LogP contribution in [-0.4, -0.2) is 41.4 Å². The van der Waals surface area contributed by atoms with Crippen LogP contribution in [0.25, 0.3) is 0 Å². The first-order valence-electron chi connectivity index (χ1n) is 7.14. The van der Waals surface area contributed by atoms with E-state index < -0.39 is 0 Å². The standard InChI is InChI=1S/C14H23N3O2/c1-3-5-15-13-10-19-9-12(13)14(18)11-7-16-17(8-11)6-4-2/h7-8,12-13,15H,3-6,9-10H2,1-2H3. The number of hydrogen-bond acceptors (Lipinski definition) is 4. The van der Waals surface area contributed by atoms with Gasteiger partial charge in [0.05, 0.1) is 30.9 Å². The van der Waals surface area contributed by atoms with Crippen LogP contribution in [0.15, 0.2) is 12.4 Å². The summed E-state index contributed by atoms with van der Waals surface area (Å²) in [4.78, 5) is 12.5. The predicted molar refractivity (Wildman–Crippen MR) is 73.2 cm³/mol. The molecule has 0 amide bonds. The number of aromatic nitrogens is 2. The van der Waals surface area contributed by atoms with Gasteiger partial charge in [0.15, 0.2) is 5.78 Å². The Morgan fingerprint density at radius 2 is 2.32 bits per heavy atom. The molecule has 1 N–H and O–H groups in total. The van der Waals surface area contributed by atoms with Gasteiger partial charge < -0.3 is 10.1 Å². The van der Waals surface area contributed by atoms with Crippen molar-refractivity contribution in [1.82, 2.24) is 15.1 Å². The van der Waals surface area contributed by atoms with Crippen LogP contribution in [-0.2, 0) is 11.3 Å². The van der Waals surface area contributed by atoms with Gasteiger partial charge >= 0.3 is 0 Å². The van der Waals surface area contributed by atoms with Crippen molar-refractivity contribution >= 4 is 5.78 Å². The molecular formula is C14H23N3O2. The first-order valence-corrected chi connectivity index (χ1v) is 7.14. The summed E-state index contributed by atoms with van der Waals surface area (Å²) in [5.41, 5.74) is 0.701. The van der Waals surface area contributed by atoms with Crippen LogP contribution in [0.4, 0.5) is 0 Å². The van der Waals surface area contributed by atoms with Crippen molar-refractivity contribution in [1.29, 1.82) is 0 Å². The summed E-state index contributed by atoms with van der Waals surface area (Å²) >= 11 is 0. The maximum Gasteiger partial charge on any atom is 0.173 e. The summed E-state index contributed by atoms with van der Waals surface area (Å²) in [5, 5.41) is 7.61. The molecular weight excluding hydrogens is 242 g/mol. The smallest absolute Gasteiger partial charge is 0.173 e. The minimum absolute atomic E-state index is 0.0779. The van der Waals surface area contributed by atoms with Crippen molar-refractivity contribution in [3.8, 4) is 0 Å². The van der Waals surface area contributed by atoms with Gasteiger partial charge in [0.2, 0.25) is 0 Å². The van der Waals surface area contributed by atoms with Gasteiger partial charge in [-0.15, -0.1) is 0 Å². The fourth-order valence-corrected chi connectivity index (χ4v) is 2.40. The minimum atomic E-state index is -0.0779. The van der Waals surface area contributed by atoms with Gasteiger partial charge in [-0.1, -0.05) is 13.8 Å². The lowest BCUT2D eigenvalue weighted by Crippen LogP contribution is -2.39. The maximum absolute atomic E-state index is 12.5. The highest BCUT2D eigenvalue weighted by atomic mass is 16.5. The quantitative estimate of drug-likeness (QED) is 0.759. The summed E-state index contributed by atoms with van der Waals surface area (Å²) in [7, 11) is 0. The Kier molecular flexibility index (Phi) is 5.10. The van der Waals surface area contributed by atoms with E-state index in [1.807, 2.05) is 10.9 Å². The lowest BCUT2D eigenvalue weighted by atomic mass is 9.95. The second kappa shape index (κ2) is 6.82. The van der Waals surface area contributed by atoms with E-state index in [9.17, 15) is 4.79 Å². The fourth-order valence-electron chi connectivity index (χ4n) is 2.40. The SMILES string of the molecule is CCCNC1COCC1C(=O)c1cnn(CCC)c1. The molecule has 0 saturated carbocycles. The molecule has 2 rings (SSSR count). The second-order valence-corrected chi connectivity index (χ2v) is 5.06. The highest BCUT2D eigenvalue weighted by Crippen LogP contribution is 2.19. The van der Waals surface area contributed by atoms with Crippen LogP contribution in [0.5, 0.6) is 0 Å². The Morgan fingerprint density at radius 3 is 3.05 bits per heavy atom. The number of nitrogens with zero attached hydrogens (tertiary/aromatic N) is 2. The van der Waals surface area contributed by atoms with Gasteiger partial charge in [0.25, 0.3) is 0 Å².